The van der Waals surface area contributed by atoms with Crippen molar-refractivity contribution < 1.29 is 4.42 Å². The Labute approximate surface area is 267 Å². The van der Waals surface area contributed by atoms with Crippen molar-refractivity contribution in [3.63, 3.8) is 0 Å². The Kier molecular flexibility index (Phi) is 6.17. The standard InChI is InChI=1S/C44H29NO/c1-2-9-30(10-3-1)31-19-23-35(24-20-31)45(37-27-28-39-34(29-37)18-17-32-11-4-5-12-38(32)39)36-25-21-33(22-26-36)40-14-8-16-43-44(40)41-13-6-7-15-42(41)46-43/h1-29H. The zero-order valence-electron chi connectivity index (χ0n) is 25.1. The SMILES string of the molecule is c1ccc(-c2ccc(N(c3ccc(-c4cccc5oc6ccccc6c45)cc3)c3ccc4c(ccc5ccccc54)c3)cc2)cc1. The first kappa shape index (κ1) is 26.3. The second kappa shape index (κ2) is 10.8. The first-order valence-electron chi connectivity index (χ1n) is 15.7. The summed E-state index contributed by atoms with van der Waals surface area (Å²) in [6.07, 6.45) is 0. The summed E-state index contributed by atoms with van der Waals surface area (Å²) in [7, 11) is 0. The molecular weight excluding hydrogens is 558 g/mol. The predicted molar refractivity (Wildman–Crippen MR) is 194 cm³/mol. The third-order valence-corrected chi connectivity index (χ3v) is 9.06. The lowest BCUT2D eigenvalue weighted by atomic mass is 9.98. The zero-order chi connectivity index (χ0) is 30.5. The highest BCUT2D eigenvalue weighted by atomic mass is 16.3. The third kappa shape index (κ3) is 4.43. The van der Waals surface area contributed by atoms with Crippen molar-refractivity contribution in [2.75, 3.05) is 4.90 Å². The molecule has 2 nitrogen and oxygen atoms in total. The van der Waals surface area contributed by atoms with E-state index in [1.165, 1.54) is 38.2 Å². The van der Waals surface area contributed by atoms with Gasteiger partial charge in [0.15, 0.2) is 0 Å². The van der Waals surface area contributed by atoms with Crippen LogP contribution >= 0.6 is 0 Å². The van der Waals surface area contributed by atoms with Gasteiger partial charge in [-0.2, -0.15) is 0 Å². The molecular formula is C44H29NO. The molecule has 1 heterocycles. The van der Waals surface area contributed by atoms with Crippen LogP contribution < -0.4 is 4.90 Å². The van der Waals surface area contributed by atoms with Crippen LogP contribution in [0.5, 0.6) is 0 Å². The van der Waals surface area contributed by atoms with Gasteiger partial charge in [-0.25, -0.2) is 0 Å². The van der Waals surface area contributed by atoms with Crippen molar-refractivity contribution in [2.24, 2.45) is 0 Å². The van der Waals surface area contributed by atoms with Gasteiger partial charge in [0.05, 0.1) is 0 Å². The highest BCUT2D eigenvalue weighted by Gasteiger charge is 2.16. The maximum absolute atomic E-state index is 6.19. The van der Waals surface area contributed by atoms with E-state index in [1.807, 2.05) is 12.1 Å². The Hall–Kier alpha value is -6.12. The summed E-state index contributed by atoms with van der Waals surface area (Å²) in [5.41, 5.74) is 9.88. The van der Waals surface area contributed by atoms with Crippen molar-refractivity contribution in [2.45, 2.75) is 0 Å². The second-order valence-electron chi connectivity index (χ2n) is 11.8. The molecule has 0 unspecified atom stereocenters. The number of nitrogens with zero attached hydrogens (tertiary/aromatic N) is 1. The van der Waals surface area contributed by atoms with Gasteiger partial charge in [-0.05, 0) is 92.3 Å². The Morgan fingerprint density at radius 3 is 1.74 bits per heavy atom. The summed E-state index contributed by atoms with van der Waals surface area (Å²) in [5, 5.41) is 7.30. The number of para-hydroxylation sites is 1. The fourth-order valence-corrected chi connectivity index (χ4v) is 6.83. The van der Waals surface area contributed by atoms with E-state index in [4.69, 9.17) is 4.42 Å². The Morgan fingerprint density at radius 1 is 0.348 bits per heavy atom. The van der Waals surface area contributed by atoms with Crippen molar-refractivity contribution >= 4 is 60.5 Å². The average molecular weight is 588 g/mol. The van der Waals surface area contributed by atoms with Crippen LogP contribution in [-0.4, -0.2) is 0 Å². The third-order valence-electron chi connectivity index (χ3n) is 9.06. The van der Waals surface area contributed by atoms with Gasteiger partial charge in [0, 0.05) is 27.8 Å². The molecule has 0 aliphatic rings. The molecule has 0 N–H and O–H groups in total. The van der Waals surface area contributed by atoms with Crippen LogP contribution in [-0.2, 0) is 0 Å². The maximum atomic E-state index is 6.19. The minimum Gasteiger partial charge on any atom is -0.456 e. The largest absolute Gasteiger partial charge is 0.456 e. The van der Waals surface area contributed by atoms with E-state index < -0.39 is 0 Å². The summed E-state index contributed by atoms with van der Waals surface area (Å²) in [6, 6.07) is 62.8. The molecule has 0 saturated carbocycles. The lowest BCUT2D eigenvalue weighted by molar-refractivity contribution is 0.669. The van der Waals surface area contributed by atoms with Gasteiger partial charge in [0.25, 0.3) is 0 Å². The molecule has 0 spiro atoms. The lowest BCUT2D eigenvalue weighted by Gasteiger charge is -2.26. The molecule has 0 aliphatic carbocycles. The van der Waals surface area contributed by atoms with Gasteiger partial charge in [-0.15, -0.1) is 0 Å². The molecule has 0 aliphatic heterocycles. The molecule has 9 rings (SSSR count). The van der Waals surface area contributed by atoms with Crippen LogP contribution in [0.1, 0.15) is 0 Å². The minimum atomic E-state index is 0.909. The number of furan rings is 1. The summed E-state index contributed by atoms with van der Waals surface area (Å²) in [5.74, 6) is 0. The molecule has 0 saturated heterocycles. The highest BCUT2D eigenvalue weighted by molar-refractivity contribution is 6.12. The number of anilines is 3. The predicted octanol–water partition coefficient (Wildman–Crippen LogP) is 12.7. The smallest absolute Gasteiger partial charge is 0.136 e. The van der Waals surface area contributed by atoms with E-state index in [0.29, 0.717) is 0 Å². The molecule has 2 heteroatoms. The monoisotopic (exact) mass is 587 g/mol. The molecule has 0 bridgehead atoms. The van der Waals surface area contributed by atoms with Crippen LogP contribution in [0.4, 0.5) is 17.1 Å². The Bertz CT molecular complexity index is 2510. The molecule has 0 fully saturated rings. The average Bonchev–Trinajstić information content (AvgIpc) is 3.52. The number of hydrogen-bond donors (Lipinski definition) is 0. The zero-order valence-corrected chi connectivity index (χ0v) is 25.1. The van der Waals surface area contributed by atoms with Gasteiger partial charge in [0.2, 0.25) is 0 Å². The summed E-state index contributed by atoms with van der Waals surface area (Å²) in [6.45, 7) is 0. The normalized spacial score (nSPS) is 11.5. The molecule has 216 valence electrons. The topological polar surface area (TPSA) is 16.4 Å². The Morgan fingerprint density at radius 2 is 0.935 bits per heavy atom. The van der Waals surface area contributed by atoms with Crippen LogP contribution in [0.25, 0.3) is 65.7 Å². The number of fused-ring (bicyclic) bond motifs is 6. The minimum absolute atomic E-state index is 0.909. The molecule has 1 aromatic heterocycles. The van der Waals surface area contributed by atoms with Gasteiger partial charge in [0.1, 0.15) is 11.2 Å². The molecule has 0 amide bonds. The van der Waals surface area contributed by atoms with E-state index in [-0.39, 0.29) is 0 Å². The van der Waals surface area contributed by atoms with Gasteiger partial charge in [-0.1, -0.05) is 127 Å². The van der Waals surface area contributed by atoms with E-state index in [0.717, 1.165) is 44.6 Å². The lowest BCUT2D eigenvalue weighted by Crippen LogP contribution is -2.09. The summed E-state index contributed by atoms with van der Waals surface area (Å²) >= 11 is 0. The molecule has 9 aromatic rings. The molecule has 0 radical (unpaired) electrons. The molecule has 0 atom stereocenters. The highest BCUT2D eigenvalue weighted by Crippen LogP contribution is 2.41. The van der Waals surface area contributed by atoms with E-state index in [9.17, 15) is 0 Å². The van der Waals surface area contributed by atoms with Gasteiger partial charge in [-0.3, -0.25) is 0 Å². The number of rotatable bonds is 5. The summed E-state index contributed by atoms with van der Waals surface area (Å²) in [4.78, 5) is 2.35. The van der Waals surface area contributed by atoms with Crippen molar-refractivity contribution in [1.29, 1.82) is 0 Å². The van der Waals surface area contributed by atoms with Crippen LogP contribution in [0.15, 0.2) is 180 Å². The number of benzene rings is 8. The first-order chi connectivity index (χ1) is 22.8. The summed E-state index contributed by atoms with van der Waals surface area (Å²) < 4.78 is 6.19. The quantitative estimate of drug-likeness (QED) is 0.186. The van der Waals surface area contributed by atoms with Crippen molar-refractivity contribution in [3.05, 3.63) is 176 Å². The number of hydrogen-bond acceptors (Lipinski definition) is 2. The fraction of sp³-hybridized carbons (Fsp3) is 0. The van der Waals surface area contributed by atoms with Crippen molar-refractivity contribution in [1.82, 2.24) is 0 Å². The van der Waals surface area contributed by atoms with E-state index in [1.54, 1.807) is 0 Å². The molecule has 46 heavy (non-hydrogen) atoms. The van der Waals surface area contributed by atoms with Crippen LogP contribution in [0.3, 0.4) is 0 Å². The first-order valence-corrected chi connectivity index (χ1v) is 15.7. The van der Waals surface area contributed by atoms with Crippen molar-refractivity contribution in [3.8, 4) is 22.3 Å². The van der Waals surface area contributed by atoms with Crippen LogP contribution in [0, 0.1) is 0 Å². The van der Waals surface area contributed by atoms with E-state index >= 15 is 0 Å². The molecule has 8 aromatic carbocycles. The maximum Gasteiger partial charge on any atom is 0.136 e. The second-order valence-corrected chi connectivity index (χ2v) is 11.8. The van der Waals surface area contributed by atoms with Gasteiger partial charge >= 0.3 is 0 Å². The van der Waals surface area contributed by atoms with Crippen LogP contribution in [0.2, 0.25) is 0 Å². The van der Waals surface area contributed by atoms with Gasteiger partial charge < -0.3 is 9.32 Å². The van der Waals surface area contributed by atoms with E-state index in [2.05, 4.69) is 169 Å². The fourth-order valence-electron chi connectivity index (χ4n) is 6.83. The Balaban J connectivity index is 1.17.